The number of hydrogen-bond acceptors (Lipinski definition) is 2. The van der Waals surface area contributed by atoms with Crippen molar-refractivity contribution in [1.29, 1.82) is 0 Å². The molecule has 2 nitrogen and oxygen atoms in total. The first kappa shape index (κ1) is 11.4. The van der Waals surface area contributed by atoms with Crippen molar-refractivity contribution < 1.29 is 0 Å². The van der Waals surface area contributed by atoms with E-state index in [2.05, 4.69) is 24.1 Å². The average molecular weight is 210 g/mol. The van der Waals surface area contributed by atoms with Crippen molar-refractivity contribution in [3.63, 3.8) is 0 Å². The lowest BCUT2D eigenvalue weighted by Gasteiger charge is -2.25. The largest absolute Gasteiger partial charge is 0.310 e. The SMILES string of the molecule is CCCCC(C)NC1CCN2CCCC12. The number of hydrogen-bond donors (Lipinski definition) is 1. The van der Waals surface area contributed by atoms with Crippen molar-refractivity contribution in [3.05, 3.63) is 0 Å². The van der Waals surface area contributed by atoms with Crippen LogP contribution in [-0.4, -0.2) is 36.1 Å². The van der Waals surface area contributed by atoms with Crippen molar-refractivity contribution >= 4 is 0 Å². The van der Waals surface area contributed by atoms with Crippen LogP contribution in [0.4, 0.5) is 0 Å². The molecule has 0 aliphatic carbocycles. The van der Waals surface area contributed by atoms with Crippen molar-refractivity contribution in [1.82, 2.24) is 10.2 Å². The highest BCUT2D eigenvalue weighted by molar-refractivity contribution is 4.96. The maximum absolute atomic E-state index is 3.84. The Hall–Kier alpha value is -0.0800. The lowest BCUT2D eigenvalue weighted by Crippen LogP contribution is -2.43. The van der Waals surface area contributed by atoms with Crippen LogP contribution < -0.4 is 5.32 Å². The summed E-state index contributed by atoms with van der Waals surface area (Å²) in [5.41, 5.74) is 0. The summed E-state index contributed by atoms with van der Waals surface area (Å²) in [6, 6.07) is 2.38. The minimum Gasteiger partial charge on any atom is -0.310 e. The summed E-state index contributed by atoms with van der Waals surface area (Å²) in [5.74, 6) is 0. The van der Waals surface area contributed by atoms with Gasteiger partial charge in [-0.1, -0.05) is 19.8 Å². The molecule has 2 aliphatic heterocycles. The number of nitrogens with zero attached hydrogens (tertiary/aromatic N) is 1. The smallest absolute Gasteiger partial charge is 0.0250 e. The summed E-state index contributed by atoms with van der Waals surface area (Å²) in [7, 11) is 0. The highest BCUT2D eigenvalue weighted by Gasteiger charge is 2.37. The number of rotatable bonds is 5. The van der Waals surface area contributed by atoms with E-state index in [-0.39, 0.29) is 0 Å². The third-order valence-corrected chi connectivity index (χ3v) is 4.10. The van der Waals surface area contributed by atoms with Crippen LogP contribution in [0, 0.1) is 0 Å². The van der Waals surface area contributed by atoms with Gasteiger partial charge in [-0.3, -0.25) is 4.90 Å². The highest BCUT2D eigenvalue weighted by atomic mass is 15.2. The second-order valence-corrected chi connectivity index (χ2v) is 5.35. The zero-order chi connectivity index (χ0) is 10.7. The molecular formula is C13H26N2. The first-order chi connectivity index (χ1) is 7.31. The predicted octanol–water partition coefficient (Wildman–Crippen LogP) is 2.39. The van der Waals surface area contributed by atoms with E-state index in [4.69, 9.17) is 0 Å². The molecule has 0 aromatic heterocycles. The zero-order valence-corrected chi connectivity index (χ0v) is 10.3. The standard InChI is InChI=1S/C13H26N2/c1-3-4-6-11(2)14-12-8-10-15-9-5-7-13(12)15/h11-14H,3-10H2,1-2H3. The molecular weight excluding hydrogens is 184 g/mol. The van der Waals surface area contributed by atoms with Crippen LogP contribution in [-0.2, 0) is 0 Å². The quantitative estimate of drug-likeness (QED) is 0.749. The Bertz CT molecular complexity index is 193. The average Bonchev–Trinajstić information content (AvgIpc) is 2.80. The lowest BCUT2D eigenvalue weighted by atomic mass is 10.0. The first-order valence-corrected chi connectivity index (χ1v) is 6.81. The highest BCUT2D eigenvalue weighted by Crippen LogP contribution is 2.28. The molecule has 0 amide bonds. The van der Waals surface area contributed by atoms with E-state index < -0.39 is 0 Å². The number of unbranched alkanes of at least 4 members (excludes halogenated alkanes) is 1. The van der Waals surface area contributed by atoms with E-state index in [1.54, 1.807) is 0 Å². The normalized spacial score (nSPS) is 33.2. The summed E-state index contributed by atoms with van der Waals surface area (Å²) in [6.45, 7) is 7.32. The number of fused-ring (bicyclic) bond motifs is 1. The molecule has 0 bridgehead atoms. The van der Waals surface area contributed by atoms with Gasteiger partial charge in [0.1, 0.15) is 0 Å². The molecule has 3 unspecified atom stereocenters. The molecule has 0 radical (unpaired) electrons. The van der Waals surface area contributed by atoms with E-state index in [9.17, 15) is 0 Å². The molecule has 1 N–H and O–H groups in total. The summed E-state index contributed by atoms with van der Waals surface area (Å²) < 4.78 is 0. The van der Waals surface area contributed by atoms with Crippen LogP contribution in [0.3, 0.4) is 0 Å². The van der Waals surface area contributed by atoms with E-state index in [1.807, 2.05) is 0 Å². The monoisotopic (exact) mass is 210 g/mol. The molecule has 0 aromatic rings. The Labute approximate surface area is 94.4 Å². The van der Waals surface area contributed by atoms with Crippen LogP contribution in [0.5, 0.6) is 0 Å². The fourth-order valence-corrected chi connectivity index (χ4v) is 3.24. The molecule has 0 aromatic carbocycles. The van der Waals surface area contributed by atoms with Gasteiger partial charge < -0.3 is 5.32 Å². The molecule has 2 saturated heterocycles. The summed E-state index contributed by atoms with van der Waals surface area (Å²) in [6.07, 6.45) is 8.27. The van der Waals surface area contributed by atoms with Gasteiger partial charge in [0.2, 0.25) is 0 Å². The minimum absolute atomic E-state index is 0.718. The van der Waals surface area contributed by atoms with E-state index in [0.717, 1.165) is 18.1 Å². The Kier molecular flexibility index (Phi) is 4.04. The van der Waals surface area contributed by atoms with E-state index in [1.165, 1.54) is 51.6 Å². The summed E-state index contributed by atoms with van der Waals surface area (Å²) >= 11 is 0. The van der Waals surface area contributed by atoms with Crippen LogP contribution in [0.25, 0.3) is 0 Å². The first-order valence-electron chi connectivity index (χ1n) is 6.81. The van der Waals surface area contributed by atoms with Crippen LogP contribution in [0.1, 0.15) is 52.4 Å². The van der Waals surface area contributed by atoms with Crippen LogP contribution >= 0.6 is 0 Å². The van der Waals surface area contributed by atoms with Crippen molar-refractivity contribution in [2.45, 2.75) is 70.5 Å². The molecule has 0 saturated carbocycles. The third-order valence-electron chi connectivity index (χ3n) is 4.10. The van der Waals surface area contributed by atoms with Crippen molar-refractivity contribution in [2.24, 2.45) is 0 Å². The van der Waals surface area contributed by atoms with Gasteiger partial charge in [-0.2, -0.15) is 0 Å². The molecule has 2 rings (SSSR count). The van der Waals surface area contributed by atoms with Crippen LogP contribution in [0.2, 0.25) is 0 Å². The topological polar surface area (TPSA) is 15.3 Å². The van der Waals surface area contributed by atoms with Crippen molar-refractivity contribution in [2.75, 3.05) is 13.1 Å². The fraction of sp³-hybridized carbons (Fsp3) is 1.00. The fourth-order valence-electron chi connectivity index (χ4n) is 3.24. The van der Waals surface area contributed by atoms with Gasteiger partial charge in [0, 0.05) is 24.7 Å². The van der Waals surface area contributed by atoms with Gasteiger partial charge in [-0.05, 0) is 39.2 Å². The van der Waals surface area contributed by atoms with Gasteiger partial charge in [0.05, 0.1) is 0 Å². The Balaban J connectivity index is 1.74. The lowest BCUT2D eigenvalue weighted by molar-refractivity contribution is 0.287. The molecule has 2 heteroatoms. The van der Waals surface area contributed by atoms with Gasteiger partial charge in [-0.15, -0.1) is 0 Å². The van der Waals surface area contributed by atoms with Gasteiger partial charge in [0.25, 0.3) is 0 Å². The maximum Gasteiger partial charge on any atom is 0.0250 e. The molecule has 3 atom stereocenters. The summed E-state index contributed by atoms with van der Waals surface area (Å²) in [4.78, 5) is 2.68. The number of nitrogens with one attached hydrogen (secondary N) is 1. The molecule has 2 aliphatic rings. The van der Waals surface area contributed by atoms with Gasteiger partial charge >= 0.3 is 0 Å². The Morgan fingerprint density at radius 1 is 1.33 bits per heavy atom. The van der Waals surface area contributed by atoms with E-state index in [0.29, 0.717) is 0 Å². The second kappa shape index (κ2) is 5.31. The van der Waals surface area contributed by atoms with Crippen LogP contribution in [0.15, 0.2) is 0 Å². The van der Waals surface area contributed by atoms with Crippen molar-refractivity contribution in [3.8, 4) is 0 Å². The summed E-state index contributed by atoms with van der Waals surface area (Å²) in [5, 5.41) is 3.84. The predicted molar refractivity (Wildman–Crippen MR) is 65.1 cm³/mol. The minimum atomic E-state index is 0.718. The maximum atomic E-state index is 3.84. The van der Waals surface area contributed by atoms with Gasteiger partial charge in [0.15, 0.2) is 0 Å². The zero-order valence-electron chi connectivity index (χ0n) is 10.3. The molecule has 88 valence electrons. The molecule has 15 heavy (non-hydrogen) atoms. The Morgan fingerprint density at radius 2 is 2.20 bits per heavy atom. The molecule has 2 heterocycles. The third kappa shape index (κ3) is 2.73. The van der Waals surface area contributed by atoms with Gasteiger partial charge in [-0.25, -0.2) is 0 Å². The second-order valence-electron chi connectivity index (χ2n) is 5.35. The molecule has 0 spiro atoms. The van der Waals surface area contributed by atoms with E-state index >= 15 is 0 Å². The molecule has 2 fully saturated rings. The Morgan fingerprint density at radius 3 is 3.00 bits per heavy atom.